The van der Waals surface area contributed by atoms with Crippen molar-refractivity contribution < 1.29 is 31.4 Å². The second-order valence-corrected chi connectivity index (χ2v) is 12.8. The van der Waals surface area contributed by atoms with Gasteiger partial charge in [0, 0.05) is 36.8 Å². The molecule has 1 N–H and O–H groups in total. The molecule has 2 aliphatic heterocycles. The highest BCUT2D eigenvalue weighted by molar-refractivity contribution is 5.46. The molecule has 4 nitrogen and oxygen atoms in total. The Morgan fingerprint density at radius 3 is 2.20 bits per heavy atom. The minimum Gasteiger partial charge on any atom is -0.490 e. The summed E-state index contributed by atoms with van der Waals surface area (Å²) >= 11 is 0. The molecule has 6 rings (SSSR count). The number of fused-ring (bicyclic) bond motifs is 1. The van der Waals surface area contributed by atoms with Gasteiger partial charge in [-0.3, -0.25) is 4.90 Å². The van der Waals surface area contributed by atoms with Crippen molar-refractivity contribution in [2.24, 2.45) is 5.41 Å². The third-order valence-corrected chi connectivity index (χ3v) is 9.53. The van der Waals surface area contributed by atoms with Crippen molar-refractivity contribution in [3.8, 4) is 11.5 Å². The van der Waals surface area contributed by atoms with E-state index in [1.54, 1.807) is 25.1 Å². The van der Waals surface area contributed by atoms with E-state index in [4.69, 9.17) is 9.47 Å². The summed E-state index contributed by atoms with van der Waals surface area (Å²) in [6.07, 6.45) is 1.35. The summed E-state index contributed by atoms with van der Waals surface area (Å²) in [4.78, 5) is 1.15. The summed E-state index contributed by atoms with van der Waals surface area (Å²) in [6.45, 7) is 2.79. The minimum absolute atomic E-state index is 0.0745. The Labute approximate surface area is 255 Å². The van der Waals surface area contributed by atoms with E-state index in [-0.39, 0.29) is 18.3 Å². The largest absolute Gasteiger partial charge is 0.490 e. The Kier molecular flexibility index (Phi) is 8.88. The maximum Gasteiger partial charge on any atom is 0.401 e. The number of hydrogen-bond donors (Lipinski definition) is 1. The minimum atomic E-state index is -4.55. The van der Waals surface area contributed by atoms with Gasteiger partial charge in [-0.15, -0.1) is 0 Å². The van der Waals surface area contributed by atoms with Crippen molar-refractivity contribution in [2.45, 2.75) is 82.8 Å². The second kappa shape index (κ2) is 12.7. The summed E-state index contributed by atoms with van der Waals surface area (Å²) in [6, 6.07) is 15.0. The van der Waals surface area contributed by atoms with Crippen LogP contribution < -0.4 is 14.8 Å². The van der Waals surface area contributed by atoms with Gasteiger partial charge >= 0.3 is 6.18 Å². The van der Waals surface area contributed by atoms with Crippen LogP contribution in [0.15, 0.2) is 60.7 Å². The molecule has 3 aliphatic rings. The molecular weight excluding hydrogens is 575 g/mol. The van der Waals surface area contributed by atoms with Crippen molar-refractivity contribution >= 4 is 0 Å². The van der Waals surface area contributed by atoms with Crippen LogP contribution in [0.25, 0.3) is 0 Å². The molecule has 9 heteroatoms. The molecule has 1 unspecified atom stereocenters. The molecule has 236 valence electrons. The second-order valence-electron chi connectivity index (χ2n) is 12.8. The van der Waals surface area contributed by atoms with E-state index >= 15 is 8.78 Å². The standard InChI is InChI=1S/C35H39F5N2O2/c1-23-15-25-16-27(43-19-24-7-3-2-4-8-24)11-12-29(25)33(42(23)22-35(38,39)40)32-30(36)17-28(18-31(32)37)44-26-9-5-13-34(14-6-10-26)20-41-21-34/h2-4,7-8,11-12,16-18,23,26,33,41H,5-6,9-10,13-15,19-22H2,1H3/t23-,33?/m1/s1. The van der Waals surface area contributed by atoms with Crippen LogP contribution in [0.2, 0.25) is 0 Å². The van der Waals surface area contributed by atoms with Crippen molar-refractivity contribution in [1.82, 2.24) is 10.2 Å². The first-order valence-corrected chi connectivity index (χ1v) is 15.6. The smallest absolute Gasteiger partial charge is 0.401 e. The van der Waals surface area contributed by atoms with E-state index in [0.29, 0.717) is 28.9 Å². The third-order valence-electron chi connectivity index (χ3n) is 9.53. The van der Waals surface area contributed by atoms with E-state index < -0.39 is 42.0 Å². The number of benzene rings is 3. The average Bonchev–Trinajstić information content (AvgIpc) is 2.93. The Bertz CT molecular complexity index is 1410. The van der Waals surface area contributed by atoms with Gasteiger partial charge in [-0.25, -0.2) is 8.78 Å². The first-order valence-electron chi connectivity index (χ1n) is 15.6. The van der Waals surface area contributed by atoms with E-state index in [9.17, 15) is 13.2 Å². The number of alkyl halides is 3. The Morgan fingerprint density at radius 2 is 1.59 bits per heavy atom. The predicted octanol–water partition coefficient (Wildman–Crippen LogP) is 8.13. The number of ether oxygens (including phenoxy) is 2. The molecule has 1 saturated heterocycles. The van der Waals surface area contributed by atoms with Crippen molar-refractivity contribution in [1.29, 1.82) is 0 Å². The summed E-state index contributed by atoms with van der Waals surface area (Å²) in [5.74, 6) is -1.20. The van der Waals surface area contributed by atoms with Crippen molar-refractivity contribution in [3.05, 3.63) is 94.6 Å². The van der Waals surface area contributed by atoms with Crippen LogP contribution in [0.3, 0.4) is 0 Å². The molecule has 0 bridgehead atoms. The fraction of sp³-hybridized carbons (Fsp3) is 0.486. The zero-order valence-corrected chi connectivity index (χ0v) is 24.9. The van der Waals surface area contributed by atoms with Crippen LogP contribution >= 0.6 is 0 Å². The van der Waals surface area contributed by atoms with Crippen molar-refractivity contribution in [2.75, 3.05) is 19.6 Å². The third kappa shape index (κ3) is 6.89. The molecule has 1 spiro atoms. The molecular formula is C35H39F5N2O2. The summed E-state index contributed by atoms with van der Waals surface area (Å²) in [5.41, 5.74) is 2.10. The van der Waals surface area contributed by atoms with E-state index in [1.807, 2.05) is 30.3 Å². The Hall–Kier alpha value is -3.17. The number of rotatable bonds is 7. The van der Waals surface area contributed by atoms with Gasteiger partial charge < -0.3 is 14.8 Å². The van der Waals surface area contributed by atoms with Gasteiger partial charge in [-0.05, 0) is 86.1 Å². The monoisotopic (exact) mass is 614 g/mol. The van der Waals surface area contributed by atoms with Gasteiger partial charge in [-0.2, -0.15) is 13.2 Å². The normalized spacial score (nSPS) is 22.5. The zero-order chi connectivity index (χ0) is 30.9. The van der Waals surface area contributed by atoms with Crippen LogP contribution in [0.5, 0.6) is 11.5 Å². The average molecular weight is 615 g/mol. The number of hydrogen-bond acceptors (Lipinski definition) is 4. The molecule has 0 aromatic heterocycles. The molecule has 3 aromatic carbocycles. The molecule has 44 heavy (non-hydrogen) atoms. The first kappa shape index (κ1) is 30.8. The predicted molar refractivity (Wildman–Crippen MR) is 159 cm³/mol. The number of halogens is 5. The molecule has 0 amide bonds. The van der Waals surface area contributed by atoms with Crippen LogP contribution in [-0.2, 0) is 13.0 Å². The molecule has 1 aliphatic carbocycles. The van der Waals surface area contributed by atoms with E-state index in [1.165, 1.54) is 0 Å². The van der Waals surface area contributed by atoms with Crippen LogP contribution in [0.1, 0.15) is 73.7 Å². The first-order chi connectivity index (χ1) is 21.1. The molecule has 3 aromatic rings. The molecule has 2 fully saturated rings. The summed E-state index contributed by atoms with van der Waals surface area (Å²) in [7, 11) is 0. The Morgan fingerprint density at radius 1 is 0.909 bits per heavy atom. The maximum atomic E-state index is 15.9. The lowest BCUT2D eigenvalue weighted by atomic mass is 9.71. The number of nitrogens with zero attached hydrogens (tertiary/aromatic N) is 1. The van der Waals surface area contributed by atoms with E-state index in [0.717, 1.165) is 74.2 Å². The fourth-order valence-electron chi connectivity index (χ4n) is 7.21. The molecule has 1 saturated carbocycles. The molecule has 2 heterocycles. The van der Waals surface area contributed by atoms with Gasteiger partial charge in [-0.1, -0.05) is 36.4 Å². The van der Waals surface area contributed by atoms with Crippen LogP contribution in [0, 0.1) is 17.0 Å². The van der Waals surface area contributed by atoms with Gasteiger partial charge in [0.15, 0.2) is 0 Å². The summed E-state index contributed by atoms with van der Waals surface area (Å²) in [5, 5.41) is 3.37. The quantitative estimate of drug-likeness (QED) is 0.273. The van der Waals surface area contributed by atoms with Crippen LogP contribution in [0.4, 0.5) is 22.0 Å². The van der Waals surface area contributed by atoms with Gasteiger partial charge in [0.05, 0.1) is 18.7 Å². The number of nitrogens with one attached hydrogen (secondary N) is 1. The highest BCUT2D eigenvalue weighted by atomic mass is 19.4. The zero-order valence-electron chi connectivity index (χ0n) is 24.9. The van der Waals surface area contributed by atoms with Crippen molar-refractivity contribution in [3.63, 3.8) is 0 Å². The molecule has 2 atom stereocenters. The highest BCUT2D eigenvalue weighted by Crippen LogP contribution is 2.44. The van der Waals surface area contributed by atoms with E-state index in [2.05, 4.69) is 5.32 Å². The lowest BCUT2D eigenvalue weighted by Crippen LogP contribution is -2.53. The SMILES string of the molecule is C[C@@H]1Cc2cc(OCc3ccccc3)ccc2C(c2c(F)cc(OC3CCCC4(CCC3)CNC4)cc2F)N1CC(F)(F)F. The topological polar surface area (TPSA) is 33.7 Å². The Balaban J connectivity index is 1.26. The summed E-state index contributed by atoms with van der Waals surface area (Å²) < 4.78 is 85.2. The van der Waals surface area contributed by atoms with Crippen LogP contribution in [-0.4, -0.2) is 42.9 Å². The molecule has 0 radical (unpaired) electrons. The highest BCUT2D eigenvalue weighted by Gasteiger charge is 2.43. The lowest BCUT2D eigenvalue weighted by molar-refractivity contribution is -0.155. The van der Waals surface area contributed by atoms with Gasteiger partial charge in [0.25, 0.3) is 0 Å². The van der Waals surface area contributed by atoms with Gasteiger partial charge in [0.1, 0.15) is 29.7 Å². The lowest BCUT2D eigenvalue weighted by Gasteiger charge is -2.44. The maximum absolute atomic E-state index is 15.9. The fourth-order valence-corrected chi connectivity index (χ4v) is 7.21. The van der Waals surface area contributed by atoms with Gasteiger partial charge in [0.2, 0.25) is 0 Å².